The number of halogens is 1. The smallest absolute Gasteiger partial charge is 0.309 e. The molecule has 18 heavy (non-hydrogen) atoms. The van der Waals surface area contributed by atoms with Gasteiger partial charge in [0.2, 0.25) is 0 Å². The fourth-order valence-electron chi connectivity index (χ4n) is 1.94. The zero-order valence-corrected chi connectivity index (χ0v) is 11.7. The average molecular weight is 309 g/mol. The third kappa shape index (κ3) is 2.46. The molecule has 0 aliphatic rings. The van der Waals surface area contributed by atoms with Crippen LogP contribution in [0.2, 0.25) is 0 Å². The number of benzene rings is 1. The van der Waals surface area contributed by atoms with Crippen molar-refractivity contribution in [2.45, 2.75) is 13.3 Å². The van der Waals surface area contributed by atoms with Crippen molar-refractivity contribution in [1.29, 1.82) is 0 Å². The molecule has 4 nitrogen and oxygen atoms in total. The summed E-state index contributed by atoms with van der Waals surface area (Å²) in [6, 6.07) is 7.81. The molecule has 1 heterocycles. The first-order valence-corrected chi connectivity index (χ1v) is 6.28. The molecular formula is C13H13BrN2O2. The second-order valence-electron chi connectivity index (χ2n) is 4.12. The number of aryl methyl sites for hydroxylation is 1. The van der Waals surface area contributed by atoms with Crippen molar-refractivity contribution in [1.82, 2.24) is 9.78 Å². The van der Waals surface area contributed by atoms with E-state index in [0.717, 1.165) is 27.0 Å². The number of aliphatic carboxylic acids is 1. The summed E-state index contributed by atoms with van der Waals surface area (Å²) in [5.41, 5.74) is 3.48. The number of carboxylic acid groups (broad SMARTS) is 1. The lowest BCUT2D eigenvalue weighted by molar-refractivity contribution is -0.136. The summed E-state index contributed by atoms with van der Waals surface area (Å²) >= 11 is 3.39. The van der Waals surface area contributed by atoms with E-state index in [2.05, 4.69) is 21.0 Å². The molecule has 1 aromatic carbocycles. The van der Waals surface area contributed by atoms with E-state index in [4.69, 9.17) is 5.11 Å². The second-order valence-corrected chi connectivity index (χ2v) is 5.04. The van der Waals surface area contributed by atoms with Gasteiger partial charge >= 0.3 is 5.97 Å². The lowest BCUT2D eigenvalue weighted by Gasteiger charge is -2.00. The van der Waals surface area contributed by atoms with Crippen molar-refractivity contribution in [3.05, 3.63) is 40.0 Å². The highest BCUT2D eigenvalue weighted by molar-refractivity contribution is 9.10. The third-order valence-electron chi connectivity index (χ3n) is 2.87. The van der Waals surface area contributed by atoms with Crippen LogP contribution in [0, 0.1) is 6.92 Å². The molecule has 1 N–H and O–H groups in total. The molecule has 0 aliphatic carbocycles. The van der Waals surface area contributed by atoms with Gasteiger partial charge in [-0.05, 0) is 24.6 Å². The molecule has 1 aromatic heterocycles. The van der Waals surface area contributed by atoms with Gasteiger partial charge in [0.25, 0.3) is 0 Å². The number of aromatic nitrogens is 2. The van der Waals surface area contributed by atoms with Gasteiger partial charge in [-0.2, -0.15) is 5.10 Å². The quantitative estimate of drug-likeness (QED) is 0.948. The van der Waals surface area contributed by atoms with E-state index in [1.54, 1.807) is 11.7 Å². The first kappa shape index (κ1) is 12.8. The van der Waals surface area contributed by atoms with E-state index < -0.39 is 5.97 Å². The summed E-state index contributed by atoms with van der Waals surface area (Å²) in [5, 5.41) is 13.3. The summed E-state index contributed by atoms with van der Waals surface area (Å²) in [7, 11) is 1.77. The standard InChI is InChI=1S/C13H13BrN2O2/c1-8-11(7-12(17)18)16(2)15-13(8)9-3-5-10(14)6-4-9/h3-6H,7H2,1-2H3,(H,17,18). The van der Waals surface area contributed by atoms with Crippen LogP contribution in [0.1, 0.15) is 11.3 Å². The van der Waals surface area contributed by atoms with Gasteiger partial charge in [-0.3, -0.25) is 9.48 Å². The minimum absolute atomic E-state index is 0.00807. The number of carboxylic acids is 1. The molecule has 0 atom stereocenters. The molecule has 0 aliphatic heterocycles. The van der Waals surface area contributed by atoms with E-state index in [9.17, 15) is 4.79 Å². The average Bonchev–Trinajstić information content (AvgIpc) is 2.58. The van der Waals surface area contributed by atoms with Crippen LogP contribution in [-0.2, 0) is 18.3 Å². The molecule has 0 unspecified atom stereocenters. The Labute approximate surface area is 113 Å². The van der Waals surface area contributed by atoms with Crippen molar-refractivity contribution in [3.8, 4) is 11.3 Å². The largest absolute Gasteiger partial charge is 0.481 e. The summed E-state index contributed by atoms with van der Waals surface area (Å²) < 4.78 is 2.64. The third-order valence-corrected chi connectivity index (χ3v) is 3.39. The van der Waals surface area contributed by atoms with Gasteiger partial charge in [-0.1, -0.05) is 28.1 Å². The molecule has 2 aromatic rings. The van der Waals surface area contributed by atoms with Gasteiger partial charge in [0.1, 0.15) is 0 Å². The highest BCUT2D eigenvalue weighted by Gasteiger charge is 2.15. The Morgan fingerprint density at radius 3 is 2.56 bits per heavy atom. The lowest BCUT2D eigenvalue weighted by atomic mass is 10.1. The fourth-order valence-corrected chi connectivity index (χ4v) is 2.20. The number of hydrogen-bond donors (Lipinski definition) is 1. The first-order chi connectivity index (χ1) is 8.49. The van der Waals surface area contributed by atoms with Crippen LogP contribution in [0.25, 0.3) is 11.3 Å². The molecule has 0 amide bonds. The topological polar surface area (TPSA) is 55.1 Å². The van der Waals surface area contributed by atoms with Crippen molar-refractivity contribution in [2.24, 2.45) is 7.05 Å². The Balaban J connectivity index is 2.46. The number of hydrogen-bond acceptors (Lipinski definition) is 2. The monoisotopic (exact) mass is 308 g/mol. The van der Waals surface area contributed by atoms with Gasteiger partial charge in [0, 0.05) is 17.1 Å². The first-order valence-electron chi connectivity index (χ1n) is 5.49. The number of rotatable bonds is 3. The van der Waals surface area contributed by atoms with E-state index in [1.165, 1.54) is 0 Å². The normalized spacial score (nSPS) is 10.6. The van der Waals surface area contributed by atoms with Crippen molar-refractivity contribution < 1.29 is 9.90 Å². The van der Waals surface area contributed by atoms with Crippen LogP contribution in [-0.4, -0.2) is 20.9 Å². The van der Waals surface area contributed by atoms with E-state index in [0.29, 0.717) is 0 Å². The van der Waals surface area contributed by atoms with Gasteiger partial charge in [-0.25, -0.2) is 0 Å². The molecule has 0 radical (unpaired) electrons. The Morgan fingerprint density at radius 1 is 1.39 bits per heavy atom. The minimum Gasteiger partial charge on any atom is -0.481 e. The maximum Gasteiger partial charge on any atom is 0.309 e. The summed E-state index contributed by atoms with van der Waals surface area (Å²) in [4.78, 5) is 10.8. The van der Waals surface area contributed by atoms with Crippen molar-refractivity contribution in [3.63, 3.8) is 0 Å². The molecule has 5 heteroatoms. The maximum absolute atomic E-state index is 10.8. The lowest BCUT2D eigenvalue weighted by Crippen LogP contribution is -2.06. The van der Waals surface area contributed by atoms with Crippen LogP contribution in [0.3, 0.4) is 0 Å². The molecule has 2 rings (SSSR count). The fraction of sp³-hybridized carbons (Fsp3) is 0.231. The maximum atomic E-state index is 10.8. The van der Waals surface area contributed by atoms with Crippen LogP contribution in [0.5, 0.6) is 0 Å². The van der Waals surface area contributed by atoms with Crippen molar-refractivity contribution >= 4 is 21.9 Å². The van der Waals surface area contributed by atoms with Crippen LogP contribution < -0.4 is 0 Å². The molecule has 0 saturated carbocycles. The van der Waals surface area contributed by atoms with Crippen LogP contribution >= 0.6 is 15.9 Å². The number of nitrogens with zero attached hydrogens (tertiary/aromatic N) is 2. The number of carbonyl (C=O) groups is 1. The van der Waals surface area contributed by atoms with Crippen LogP contribution in [0.15, 0.2) is 28.7 Å². The SMILES string of the molecule is Cc1c(-c2ccc(Br)cc2)nn(C)c1CC(=O)O. The predicted octanol–water partition coefficient (Wildman–Crippen LogP) is 2.79. The van der Waals surface area contributed by atoms with E-state index >= 15 is 0 Å². The molecule has 0 spiro atoms. The van der Waals surface area contributed by atoms with E-state index in [1.807, 2.05) is 31.2 Å². The van der Waals surface area contributed by atoms with Crippen LogP contribution in [0.4, 0.5) is 0 Å². The molecular weight excluding hydrogens is 296 g/mol. The zero-order chi connectivity index (χ0) is 13.3. The Bertz CT molecular complexity index is 588. The van der Waals surface area contributed by atoms with Gasteiger partial charge in [-0.15, -0.1) is 0 Å². The van der Waals surface area contributed by atoms with Gasteiger partial charge in [0.15, 0.2) is 0 Å². The molecule has 94 valence electrons. The molecule has 0 fully saturated rings. The second kappa shape index (κ2) is 4.94. The Hall–Kier alpha value is -1.62. The van der Waals surface area contributed by atoms with Gasteiger partial charge in [0.05, 0.1) is 17.8 Å². The summed E-state index contributed by atoms with van der Waals surface area (Å²) in [6.07, 6.45) is -0.00807. The summed E-state index contributed by atoms with van der Waals surface area (Å²) in [5.74, 6) is -0.844. The Morgan fingerprint density at radius 2 is 2.00 bits per heavy atom. The highest BCUT2D eigenvalue weighted by atomic mass is 79.9. The Kier molecular flexibility index (Phi) is 3.52. The van der Waals surface area contributed by atoms with E-state index in [-0.39, 0.29) is 6.42 Å². The minimum atomic E-state index is -0.844. The predicted molar refractivity (Wildman–Crippen MR) is 72.4 cm³/mol. The van der Waals surface area contributed by atoms with Gasteiger partial charge < -0.3 is 5.11 Å². The molecule has 0 saturated heterocycles. The molecule has 0 bridgehead atoms. The highest BCUT2D eigenvalue weighted by Crippen LogP contribution is 2.26. The van der Waals surface area contributed by atoms with Crippen molar-refractivity contribution in [2.75, 3.05) is 0 Å². The zero-order valence-electron chi connectivity index (χ0n) is 10.1. The summed E-state index contributed by atoms with van der Waals surface area (Å²) in [6.45, 7) is 1.91.